The predicted octanol–water partition coefficient (Wildman–Crippen LogP) is 1.45. The average molecular weight is 289 g/mol. The van der Waals surface area contributed by atoms with Gasteiger partial charge < -0.3 is 4.74 Å². The smallest absolute Gasteiger partial charge is 0.305 e. The molecule has 7 heteroatoms. The minimum Gasteiger partial charge on any atom is -0.466 e. The molecule has 0 radical (unpaired) electrons. The van der Waals surface area contributed by atoms with Gasteiger partial charge in [0.05, 0.1) is 6.61 Å². The number of nitrogens with one attached hydrogen (secondary N) is 1. The van der Waals surface area contributed by atoms with Crippen LogP contribution in [0.25, 0.3) is 0 Å². The highest BCUT2D eigenvalue weighted by molar-refractivity contribution is 7.89. The summed E-state index contributed by atoms with van der Waals surface area (Å²) in [5, 5.41) is 0. The molecule has 106 valence electrons. The van der Waals surface area contributed by atoms with Gasteiger partial charge in [-0.1, -0.05) is 12.1 Å². The average Bonchev–Trinajstić information content (AvgIpc) is 2.35. The van der Waals surface area contributed by atoms with Crippen molar-refractivity contribution < 1.29 is 22.3 Å². The fourth-order valence-electron chi connectivity index (χ4n) is 1.41. The molecule has 0 unspecified atom stereocenters. The molecular formula is C12H16FNO4S. The number of rotatable bonds is 7. The summed E-state index contributed by atoms with van der Waals surface area (Å²) in [6, 6.07) is 5.11. The quantitative estimate of drug-likeness (QED) is 0.609. The monoisotopic (exact) mass is 289 g/mol. The second-order valence-electron chi connectivity index (χ2n) is 3.74. The van der Waals surface area contributed by atoms with Gasteiger partial charge in [0.15, 0.2) is 0 Å². The highest BCUT2D eigenvalue weighted by Gasteiger charge is 2.17. The molecule has 0 aliphatic carbocycles. The van der Waals surface area contributed by atoms with Crippen molar-refractivity contribution in [2.75, 3.05) is 13.2 Å². The van der Waals surface area contributed by atoms with Crippen LogP contribution in [-0.4, -0.2) is 27.5 Å². The Labute approximate surface area is 111 Å². The summed E-state index contributed by atoms with van der Waals surface area (Å²) in [7, 11) is -3.88. The van der Waals surface area contributed by atoms with Crippen LogP contribution in [0.3, 0.4) is 0 Å². The number of esters is 1. The standard InChI is InChI=1S/C12H16FNO4S/c1-2-18-12(15)8-5-9-14-19(16,17)11-7-4-3-6-10(11)13/h3-4,6-7,14H,2,5,8-9H2,1H3. The van der Waals surface area contributed by atoms with Crippen LogP contribution in [-0.2, 0) is 19.6 Å². The van der Waals surface area contributed by atoms with Gasteiger partial charge in [-0.15, -0.1) is 0 Å². The zero-order chi connectivity index (χ0) is 14.3. The number of sulfonamides is 1. The van der Waals surface area contributed by atoms with Gasteiger partial charge >= 0.3 is 5.97 Å². The van der Waals surface area contributed by atoms with E-state index >= 15 is 0 Å². The largest absolute Gasteiger partial charge is 0.466 e. The highest BCUT2D eigenvalue weighted by atomic mass is 32.2. The van der Waals surface area contributed by atoms with Gasteiger partial charge in [-0.05, 0) is 25.5 Å². The molecule has 0 spiro atoms. The van der Waals surface area contributed by atoms with Crippen molar-refractivity contribution in [2.45, 2.75) is 24.7 Å². The number of carbonyl (C=O) groups is 1. The van der Waals surface area contributed by atoms with E-state index in [1.165, 1.54) is 18.2 Å². The number of ether oxygens (including phenoxy) is 1. The van der Waals surface area contributed by atoms with Crippen molar-refractivity contribution in [2.24, 2.45) is 0 Å². The van der Waals surface area contributed by atoms with Crippen molar-refractivity contribution in [3.05, 3.63) is 30.1 Å². The van der Waals surface area contributed by atoms with Crippen LogP contribution in [0.2, 0.25) is 0 Å². The van der Waals surface area contributed by atoms with Gasteiger partial charge in [-0.2, -0.15) is 0 Å². The minimum atomic E-state index is -3.88. The number of carbonyl (C=O) groups excluding carboxylic acids is 1. The lowest BCUT2D eigenvalue weighted by molar-refractivity contribution is -0.143. The Morgan fingerprint density at radius 2 is 2.05 bits per heavy atom. The van der Waals surface area contributed by atoms with E-state index in [1.54, 1.807) is 6.92 Å². The third-order valence-electron chi connectivity index (χ3n) is 2.28. The molecule has 0 aliphatic heterocycles. The number of hydrogen-bond donors (Lipinski definition) is 1. The maximum atomic E-state index is 13.3. The Balaban J connectivity index is 2.49. The Kier molecular flexibility index (Phi) is 5.91. The second-order valence-corrected chi connectivity index (χ2v) is 5.47. The van der Waals surface area contributed by atoms with Crippen molar-refractivity contribution in [1.29, 1.82) is 0 Å². The summed E-state index contributed by atoms with van der Waals surface area (Å²) >= 11 is 0. The van der Waals surface area contributed by atoms with Gasteiger partial charge in [0.1, 0.15) is 10.7 Å². The third-order valence-corrected chi connectivity index (χ3v) is 3.78. The molecule has 1 aromatic rings. The van der Waals surface area contributed by atoms with E-state index in [-0.39, 0.29) is 18.9 Å². The van der Waals surface area contributed by atoms with E-state index in [4.69, 9.17) is 4.74 Å². The lowest BCUT2D eigenvalue weighted by Gasteiger charge is -2.07. The van der Waals surface area contributed by atoms with Gasteiger partial charge in [0.25, 0.3) is 0 Å². The molecule has 1 rings (SSSR count). The molecule has 0 amide bonds. The van der Waals surface area contributed by atoms with Crippen molar-refractivity contribution >= 4 is 16.0 Å². The lowest BCUT2D eigenvalue weighted by atomic mass is 10.3. The second kappa shape index (κ2) is 7.20. The van der Waals surface area contributed by atoms with Crippen LogP contribution in [0.5, 0.6) is 0 Å². The fraction of sp³-hybridized carbons (Fsp3) is 0.417. The fourth-order valence-corrected chi connectivity index (χ4v) is 2.56. The molecule has 0 heterocycles. The summed E-state index contributed by atoms with van der Waals surface area (Å²) in [5.41, 5.74) is 0. The van der Waals surface area contributed by atoms with E-state index in [0.29, 0.717) is 13.0 Å². The number of hydrogen-bond acceptors (Lipinski definition) is 4. The predicted molar refractivity (Wildman–Crippen MR) is 67.5 cm³/mol. The van der Waals surface area contributed by atoms with Crippen LogP contribution in [0.1, 0.15) is 19.8 Å². The Morgan fingerprint density at radius 1 is 1.37 bits per heavy atom. The summed E-state index contributed by atoms with van der Waals surface area (Å²) in [5.74, 6) is -1.19. The summed E-state index contributed by atoms with van der Waals surface area (Å²) < 4.78 is 43.8. The number of halogens is 1. The van der Waals surface area contributed by atoms with Crippen LogP contribution < -0.4 is 4.72 Å². The van der Waals surface area contributed by atoms with Gasteiger partial charge in [0, 0.05) is 13.0 Å². The van der Waals surface area contributed by atoms with Crippen molar-refractivity contribution in [3.63, 3.8) is 0 Å². The first-order valence-electron chi connectivity index (χ1n) is 5.87. The summed E-state index contributed by atoms with van der Waals surface area (Å²) in [6.07, 6.45) is 0.417. The van der Waals surface area contributed by atoms with E-state index in [1.807, 2.05) is 0 Å². The Morgan fingerprint density at radius 3 is 2.68 bits per heavy atom. The van der Waals surface area contributed by atoms with E-state index < -0.39 is 20.7 Å². The first-order chi connectivity index (χ1) is 8.97. The van der Waals surface area contributed by atoms with Crippen molar-refractivity contribution in [1.82, 2.24) is 4.72 Å². The molecule has 0 saturated carbocycles. The molecule has 1 N–H and O–H groups in total. The van der Waals surface area contributed by atoms with E-state index in [0.717, 1.165) is 6.07 Å². The van der Waals surface area contributed by atoms with Crippen LogP contribution in [0.4, 0.5) is 4.39 Å². The van der Waals surface area contributed by atoms with E-state index in [9.17, 15) is 17.6 Å². The van der Waals surface area contributed by atoms with Crippen LogP contribution in [0.15, 0.2) is 29.2 Å². The molecule has 0 fully saturated rings. The zero-order valence-corrected chi connectivity index (χ0v) is 11.4. The SMILES string of the molecule is CCOC(=O)CCCNS(=O)(=O)c1ccccc1F. The highest BCUT2D eigenvalue weighted by Crippen LogP contribution is 2.12. The summed E-state index contributed by atoms with van der Waals surface area (Å²) in [6.45, 7) is 2.04. The van der Waals surface area contributed by atoms with Gasteiger partial charge in [-0.25, -0.2) is 17.5 Å². The summed E-state index contributed by atoms with van der Waals surface area (Å²) in [4.78, 5) is 10.6. The Hall–Kier alpha value is -1.47. The van der Waals surface area contributed by atoms with Gasteiger partial charge in [0.2, 0.25) is 10.0 Å². The minimum absolute atomic E-state index is 0.0511. The molecule has 19 heavy (non-hydrogen) atoms. The molecule has 0 saturated heterocycles. The molecule has 1 aromatic carbocycles. The molecule has 5 nitrogen and oxygen atoms in total. The maximum absolute atomic E-state index is 13.3. The van der Waals surface area contributed by atoms with E-state index in [2.05, 4.69) is 4.72 Å². The normalized spacial score (nSPS) is 11.3. The third kappa shape index (κ3) is 4.96. The first-order valence-corrected chi connectivity index (χ1v) is 7.35. The molecule has 0 atom stereocenters. The lowest BCUT2D eigenvalue weighted by Crippen LogP contribution is -2.26. The van der Waals surface area contributed by atoms with Crippen molar-refractivity contribution in [3.8, 4) is 0 Å². The molecule has 0 aliphatic rings. The molecule has 0 bridgehead atoms. The Bertz CT molecular complexity index is 530. The zero-order valence-electron chi connectivity index (χ0n) is 10.6. The van der Waals surface area contributed by atoms with Crippen LogP contribution >= 0.6 is 0 Å². The first kappa shape index (κ1) is 15.6. The topological polar surface area (TPSA) is 72.5 Å². The number of benzene rings is 1. The van der Waals surface area contributed by atoms with Gasteiger partial charge in [-0.3, -0.25) is 4.79 Å². The molecule has 0 aromatic heterocycles. The van der Waals surface area contributed by atoms with Crippen LogP contribution in [0, 0.1) is 5.82 Å². The maximum Gasteiger partial charge on any atom is 0.305 e. The molecular weight excluding hydrogens is 273 g/mol.